The first-order valence-electron chi connectivity index (χ1n) is 13.7. The molecule has 0 amide bonds. The van der Waals surface area contributed by atoms with Gasteiger partial charge < -0.3 is 14.7 Å². The van der Waals surface area contributed by atoms with Crippen LogP contribution in [0.2, 0.25) is 0 Å². The SMILES string of the molecule is CCN1C2=C(C(=O)CC(C)(C)C2)C(c2cccc(OCc3ccc(C(=O)O)cc3)c2)C2=C1CC(C)(C)CC2=O. The van der Waals surface area contributed by atoms with Gasteiger partial charge in [-0.05, 0) is 66.0 Å². The zero-order valence-corrected chi connectivity index (χ0v) is 23.5. The van der Waals surface area contributed by atoms with Crippen molar-refractivity contribution in [1.82, 2.24) is 4.90 Å². The van der Waals surface area contributed by atoms with Crippen molar-refractivity contribution in [2.24, 2.45) is 10.8 Å². The van der Waals surface area contributed by atoms with Crippen LogP contribution in [0.15, 0.2) is 71.1 Å². The molecule has 0 saturated carbocycles. The molecule has 1 N–H and O–H groups in total. The topological polar surface area (TPSA) is 83.9 Å². The summed E-state index contributed by atoms with van der Waals surface area (Å²) < 4.78 is 6.10. The van der Waals surface area contributed by atoms with Crippen molar-refractivity contribution in [3.63, 3.8) is 0 Å². The average molecular weight is 528 g/mol. The van der Waals surface area contributed by atoms with Crippen LogP contribution in [-0.2, 0) is 16.2 Å². The van der Waals surface area contributed by atoms with Crippen LogP contribution in [0.5, 0.6) is 5.75 Å². The van der Waals surface area contributed by atoms with E-state index in [0.717, 1.165) is 53.1 Å². The third-order valence-electron chi connectivity index (χ3n) is 8.14. The zero-order chi connectivity index (χ0) is 28.1. The Hall–Kier alpha value is -3.67. The lowest BCUT2D eigenvalue weighted by atomic mass is 9.63. The van der Waals surface area contributed by atoms with Gasteiger partial charge >= 0.3 is 5.97 Å². The molecule has 1 heterocycles. The van der Waals surface area contributed by atoms with Crippen LogP contribution in [0, 0.1) is 10.8 Å². The number of ketones is 2. The number of benzene rings is 2. The van der Waals surface area contributed by atoms with Gasteiger partial charge in [0.15, 0.2) is 11.6 Å². The van der Waals surface area contributed by atoms with E-state index in [0.29, 0.717) is 18.6 Å². The number of carboxylic acid groups (broad SMARTS) is 1. The van der Waals surface area contributed by atoms with Crippen molar-refractivity contribution in [2.45, 2.75) is 72.8 Å². The summed E-state index contributed by atoms with van der Waals surface area (Å²) in [6.45, 7) is 11.7. The van der Waals surface area contributed by atoms with Gasteiger partial charge in [0.2, 0.25) is 0 Å². The van der Waals surface area contributed by atoms with E-state index in [1.165, 1.54) is 0 Å². The van der Waals surface area contributed by atoms with Crippen molar-refractivity contribution < 1.29 is 24.2 Å². The summed E-state index contributed by atoms with van der Waals surface area (Å²) in [5, 5.41) is 9.14. The molecule has 3 aliphatic rings. The second-order valence-corrected chi connectivity index (χ2v) is 12.6. The van der Waals surface area contributed by atoms with Crippen LogP contribution >= 0.6 is 0 Å². The summed E-state index contributed by atoms with van der Waals surface area (Å²) in [5.41, 5.74) is 5.37. The van der Waals surface area contributed by atoms with Gasteiger partial charge in [-0.25, -0.2) is 4.79 Å². The Balaban J connectivity index is 1.55. The molecule has 0 atom stereocenters. The first-order valence-corrected chi connectivity index (χ1v) is 13.7. The van der Waals surface area contributed by atoms with E-state index in [9.17, 15) is 14.4 Å². The largest absolute Gasteiger partial charge is 0.489 e. The number of ether oxygens (including phenoxy) is 1. The molecule has 2 aromatic carbocycles. The molecule has 0 fully saturated rings. The number of carbonyl (C=O) groups is 3. The number of rotatable bonds is 6. The fourth-order valence-corrected chi connectivity index (χ4v) is 6.46. The molecule has 0 bridgehead atoms. The Kier molecular flexibility index (Phi) is 6.78. The number of aromatic carboxylic acids is 1. The molecule has 39 heavy (non-hydrogen) atoms. The van der Waals surface area contributed by atoms with Gasteiger partial charge in [0, 0.05) is 47.8 Å². The average Bonchev–Trinajstić information content (AvgIpc) is 2.85. The normalized spacial score (nSPS) is 20.6. The lowest BCUT2D eigenvalue weighted by molar-refractivity contribution is -0.119. The van der Waals surface area contributed by atoms with Crippen LogP contribution in [-0.4, -0.2) is 34.1 Å². The number of nitrogens with zero attached hydrogens (tertiary/aromatic N) is 1. The maximum Gasteiger partial charge on any atom is 0.335 e. The van der Waals surface area contributed by atoms with Gasteiger partial charge in [-0.1, -0.05) is 52.0 Å². The smallest absolute Gasteiger partial charge is 0.335 e. The molecule has 6 nitrogen and oxygen atoms in total. The van der Waals surface area contributed by atoms with Gasteiger partial charge in [0.1, 0.15) is 12.4 Å². The minimum atomic E-state index is -0.965. The molecule has 0 spiro atoms. The highest BCUT2D eigenvalue weighted by Gasteiger charge is 2.48. The molecule has 0 unspecified atom stereocenters. The van der Waals surface area contributed by atoms with E-state index in [-0.39, 0.29) is 34.6 Å². The fourth-order valence-electron chi connectivity index (χ4n) is 6.46. The van der Waals surface area contributed by atoms with E-state index in [1.54, 1.807) is 24.3 Å². The number of hydrogen-bond acceptors (Lipinski definition) is 5. The summed E-state index contributed by atoms with van der Waals surface area (Å²) in [6.07, 6.45) is 2.52. The van der Waals surface area contributed by atoms with Crippen molar-refractivity contribution >= 4 is 17.5 Å². The summed E-state index contributed by atoms with van der Waals surface area (Å²) in [5.74, 6) is -0.474. The first-order chi connectivity index (χ1) is 18.4. The molecular formula is C33H37NO5. The van der Waals surface area contributed by atoms with E-state index in [1.807, 2.05) is 24.3 Å². The van der Waals surface area contributed by atoms with E-state index in [4.69, 9.17) is 9.84 Å². The van der Waals surface area contributed by atoms with E-state index >= 15 is 0 Å². The fraction of sp³-hybridized carbons (Fsp3) is 0.424. The number of Topliss-reactive ketones (excluding diaryl/α,β-unsaturated/α-hetero) is 2. The lowest BCUT2D eigenvalue weighted by Gasteiger charge is -2.48. The standard InChI is InChI=1S/C33H37NO5/c1-6-34-24-15-32(2,3)17-26(35)29(24)28(30-25(34)16-33(4,5)18-27(30)36)22-8-7-9-23(14-22)39-19-20-10-12-21(13-11-20)31(37)38/h7-14,28H,6,15-19H2,1-5H3,(H,37,38). The van der Waals surface area contributed by atoms with Crippen LogP contribution in [0.25, 0.3) is 0 Å². The predicted octanol–water partition coefficient (Wildman–Crippen LogP) is 6.67. The number of hydrogen-bond donors (Lipinski definition) is 1. The van der Waals surface area contributed by atoms with Crippen LogP contribution in [0.1, 0.15) is 87.7 Å². The van der Waals surface area contributed by atoms with Gasteiger partial charge in [-0.3, -0.25) is 9.59 Å². The van der Waals surface area contributed by atoms with Gasteiger partial charge in [-0.15, -0.1) is 0 Å². The Morgan fingerprint density at radius 3 is 1.97 bits per heavy atom. The van der Waals surface area contributed by atoms with Gasteiger partial charge in [-0.2, -0.15) is 0 Å². The molecule has 2 aliphatic carbocycles. The quantitative estimate of drug-likeness (QED) is 0.452. The molecule has 204 valence electrons. The highest BCUT2D eigenvalue weighted by Crippen LogP contribution is 2.54. The Bertz CT molecular complexity index is 1360. The van der Waals surface area contributed by atoms with Crippen molar-refractivity contribution in [3.8, 4) is 5.75 Å². The molecule has 2 aromatic rings. The van der Waals surface area contributed by atoms with Gasteiger partial charge in [0.05, 0.1) is 5.56 Å². The Morgan fingerprint density at radius 2 is 1.46 bits per heavy atom. The molecule has 1 aliphatic heterocycles. The second kappa shape index (κ2) is 9.82. The monoisotopic (exact) mass is 527 g/mol. The summed E-state index contributed by atoms with van der Waals surface area (Å²) in [7, 11) is 0. The minimum absolute atomic E-state index is 0.124. The Labute approximate surface area is 230 Å². The van der Waals surface area contributed by atoms with E-state index < -0.39 is 11.9 Å². The minimum Gasteiger partial charge on any atom is -0.489 e. The maximum atomic E-state index is 13.8. The summed E-state index contributed by atoms with van der Waals surface area (Å²) in [4.78, 5) is 41.0. The molecule has 5 rings (SSSR count). The lowest BCUT2D eigenvalue weighted by Crippen LogP contribution is -2.44. The second-order valence-electron chi connectivity index (χ2n) is 12.6. The number of carboxylic acids is 1. The molecule has 0 saturated heterocycles. The predicted molar refractivity (Wildman–Crippen MR) is 149 cm³/mol. The summed E-state index contributed by atoms with van der Waals surface area (Å²) >= 11 is 0. The van der Waals surface area contributed by atoms with Crippen molar-refractivity contribution in [1.29, 1.82) is 0 Å². The highest BCUT2D eigenvalue weighted by atomic mass is 16.5. The summed E-state index contributed by atoms with van der Waals surface area (Å²) in [6, 6.07) is 14.3. The van der Waals surface area contributed by atoms with Crippen molar-refractivity contribution in [3.05, 3.63) is 87.8 Å². The Morgan fingerprint density at radius 1 is 0.897 bits per heavy atom. The molecule has 0 aromatic heterocycles. The van der Waals surface area contributed by atoms with Crippen molar-refractivity contribution in [2.75, 3.05) is 6.54 Å². The third kappa shape index (κ3) is 5.17. The highest BCUT2D eigenvalue weighted by molar-refractivity contribution is 6.06. The zero-order valence-electron chi connectivity index (χ0n) is 23.5. The maximum absolute atomic E-state index is 13.8. The molecule has 0 radical (unpaired) electrons. The van der Waals surface area contributed by atoms with Gasteiger partial charge in [0.25, 0.3) is 0 Å². The van der Waals surface area contributed by atoms with Crippen LogP contribution in [0.4, 0.5) is 0 Å². The van der Waals surface area contributed by atoms with Crippen LogP contribution < -0.4 is 4.74 Å². The molecular weight excluding hydrogens is 490 g/mol. The number of carbonyl (C=O) groups excluding carboxylic acids is 2. The molecule has 6 heteroatoms. The van der Waals surface area contributed by atoms with E-state index in [2.05, 4.69) is 39.5 Å². The third-order valence-corrected chi connectivity index (χ3v) is 8.14. The number of allylic oxidation sites excluding steroid dienone is 4. The first kappa shape index (κ1) is 26.9. The van der Waals surface area contributed by atoms with Crippen LogP contribution in [0.3, 0.4) is 0 Å².